The number of carbonyl (C=O) groups excluding carboxylic acids is 1. The smallest absolute Gasteiger partial charge is 0.306 e. The van der Waals surface area contributed by atoms with Crippen LogP contribution in [0.3, 0.4) is 0 Å². The topological polar surface area (TPSA) is 66.4 Å². The molecule has 0 aliphatic heterocycles. The van der Waals surface area contributed by atoms with Crippen molar-refractivity contribution in [1.82, 2.24) is 5.32 Å². The first-order valence-electron chi connectivity index (χ1n) is 6.24. The summed E-state index contributed by atoms with van der Waals surface area (Å²) in [4.78, 5) is 22.6. The van der Waals surface area contributed by atoms with Gasteiger partial charge in [-0.25, -0.2) is 0 Å². The monoisotopic (exact) mass is 239 g/mol. The average Bonchev–Trinajstić information content (AvgIpc) is 2.74. The van der Waals surface area contributed by atoms with Crippen LogP contribution in [0, 0.1) is 11.8 Å². The Balaban J connectivity index is 2.43. The molecule has 0 aromatic heterocycles. The molecule has 0 aromatic rings. The van der Waals surface area contributed by atoms with Crippen LogP contribution in [0.1, 0.15) is 39.5 Å². The summed E-state index contributed by atoms with van der Waals surface area (Å²) in [5.74, 6) is -1.01. The highest BCUT2D eigenvalue weighted by Crippen LogP contribution is 2.31. The number of aliphatic carboxylic acids is 1. The van der Waals surface area contributed by atoms with Crippen molar-refractivity contribution in [3.8, 4) is 0 Å². The van der Waals surface area contributed by atoms with Crippen molar-refractivity contribution in [3.05, 3.63) is 11.6 Å². The minimum Gasteiger partial charge on any atom is -0.481 e. The molecule has 0 spiro atoms. The van der Waals surface area contributed by atoms with Crippen molar-refractivity contribution in [2.75, 3.05) is 6.54 Å². The summed E-state index contributed by atoms with van der Waals surface area (Å²) in [7, 11) is 0. The molecule has 2 N–H and O–H groups in total. The predicted octanol–water partition coefficient (Wildman–Crippen LogP) is 1.96. The predicted molar refractivity (Wildman–Crippen MR) is 65.5 cm³/mol. The van der Waals surface area contributed by atoms with E-state index in [1.165, 1.54) is 0 Å². The van der Waals surface area contributed by atoms with E-state index in [1.807, 2.05) is 13.0 Å². The lowest BCUT2D eigenvalue weighted by atomic mass is 9.96. The largest absolute Gasteiger partial charge is 0.481 e. The molecule has 0 aromatic carbocycles. The molecular weight excluding hydrogens is 218 g/mol. The summed E-state index contributed by atoms with van der Waals surface area (Å²) in [6.45, 7) is 4.24. The first-order chi connectivity index (χ1) is 8.06. The van der Waals surface area contributed by atoms with Crippen molar-refractivity contribution in [3.63, 3.8) is 0 Å². The summed E-state index contributed by atoms with van der Waals surface area (Å²) in [5.41, 5.74) is 0.706. The fourth-order valence-corrected chi connectivity index (χ4v) is 2.37. The Kier molecular flexibility index (Phi) is 5.19. The highest BCUT2D eigenvalue weighted by atomic mass is 16.4. The van der Waals surface area contributed by atoms with Crippen molar-refractivity contribution in [1.29, 1.82) is 0 Å². The molecular formula is C13H21NO3. The van der Waals surface area contributed by atoms with Gasteiger partial charge in [0.25, 0.3) is 0 Å². The lowest BCUT2D eigenvalue weighted by Gasteiger charge is -2.16. The maximum absolute atomic E-state index is 11.6. The van der Waals surface area contributed by atoms with E-state index in [2.05, 4.69) is 5.32 Å². The van der Waals surface area contributed by atoms with Crippen LogP contribution in [-0.2, 0) is 9.59 Å². The molecule has 17 heavy (non-hydrogen) atoms. The molecule has 0 bridgehead atoms. The van der Waals surface area contributed by atoms with Gasteiger partial charge in [0.1, 0.15) is 0 Å². The molecule has 0 heterocycles. The number of hydrogen-bond acceptors (Lipinski definition) is 2. The van der Waals surface area contributed by atoms with Crippen LogP contribution in [-0.4, -0.2) is 23.5 Å². The molecule has 2 unspecified atom stereocenters. The highest BCUT2D eigenvalue weighted by Gasteiger charge is 2.32. The normalized spacial score (nSPS) is 24.7. The summed E-state index contributed by atoms with van der Waals surface area (Å²) in [6, 6.07) is 0. The zero-order chi connectivity index (χ0) is 12.8. The van der Waals surface area contributed by atoms with Crippen LogP contribution in [0.5, 0.6) is 0 Å². The Morgan fingerprint density at radius 3 is 2.71 bits per heavy atom. The Hall–Kier alpha value is -1.32. The fourth-order valence-electron chi connectivity index (χ4n) is 2.37. The molecule has 96 valence electrons. The van der Waals surface area contributed by atoms with Crippen molar-refractivity contribution in [2.24, 2.45) is 11.8 Å². The maximum Gasteiger partial charge on any atom is 0.306 e. The molecule has 2 atom stereocenters. The van der Waals surface area contributed by atoms with Crippen molar-refractivity contribution >= 4 is 11.9 Å². The van der Waals surface area contributed by atoms with Gasteiger partial charge in [0.15, 0.2) is 0 Å². The zero-order valence-electron chi connectivity index (χ0n) is 10.5. The molecule has 0 saturated heterocycles. The molecule has 4 nitrogen and oxygen atoms in total. The summed E-state index contributed by atoms with van der Waals surface area (Å²) in [6.07, 6.45) is 5.29. The lowest BCUT2D eigenvalue weighted by Crippen LogP contribution is -2.33. The van der Waals surface area contributed by atoms with Crippen LogP contribution >= 0.6 is 0 Å². The van der Waals surface area contributed by atoms with Gasteiger partial charge >= 0.3 is 5.97 Å². The first-order valence-corrected chi connectivity index (χ1v) is 6.24. The van der Waals surface area contributed by atoms with Gasteiger partial charge in [-0.1, -0.05) is 19.4 Å². The minimum absolute atomic E-state index is 0.0807. The minimum atomic E-state index is -0.734. The number of nitrogens with one attached hydrogen (secondary N) is 1. The molecule has 1 aliphatic carbocycles. The van der Waals surface area contributed by atoms with E-state index in [-0.39, 0.29) is 17.7 Å². The van der Waals surface area contributed by atoms with E-state index in [0.29, 0.717) is 12.1 Å². The van der Waals surface area contributed by atoms with Crippen LogP contribution in [0.25, 0.3) is 0 Å². The third-order valence-corrected chi connectivity index (χ3v) is 3.37. The van der Waals surface area contributed by atoms with Gasteiger partial charge in [-0.2, -0.15) is 0 Å². The summed E-state index contributed by atoms with van der Waals surface area (Å²) in [5, 5.41) is 11.8. The lowest BCUT2D eigenvalue weighted by molar-refractivity contribution is -0.143. The second kappa shape index (κ2) is 6.42. The Labute approximate surface area is 102 Å². The van der Waals surface area contributed by atoms with E-state index in [4.69, 9.17) is 5.11 Å². The standard InChI is InChI=1S/C13H21NO3/c1-3-5-9(2)12(15)14-8-10-6-4-7-11(10)13(16)17/h5,10-11H,3-4,6-8H2,1-2H3,(H,14,15)(H,16,17). The quantitative estimate of drug-likeness (QED) is 0.721. The SMILES string of the molecule is CCC=C(C)C(=O)NCC1CCCC1C(=O)O. The van der Waals surface area contributed by atoms with Gasteiger partial charge in [-0.3, -0.25) is 9.59 Å². The first kappa shape index (κ1) is 13.7. The second-order valence-electron chi connectivity index (χ2n) is 4.64. The third kappa shape index (κ3) is 3.88. The molecule has 0 radical (unpaired) electrons. The van der Waals surface area contributed by atoms with Gasteiger partial charge in [0, 0.05) is 12.1 Å². The molecule has 1 fully saturated rings. The van der Waals surface area contributed by atoms with Gasteiger partial charge < -0.3 is 10.4 Å². The number of carbonyl (C=O) groups is 2. The number of carboxylic acid groups (broad SMARTS) is 1. The number of rotatable bonds is 5. The van der Waals surface area contributed by atoms with Gasteiger partial charge in [-0.15, -0.1) is 0 Å². The van der Waals surface area contributed by atoms with Crippen LogP contribution in [0.4, 0.5) is 0 Å². The molecule has 4 heteroatoms. The van der Waals surface area contributed by atoms with E-state index >= 15 is 0 Å². The van der Waals surface area contributed by atoms with E-state index < -0.39 is 5.97 Å². The molecule has 1 aliphatic rings. The highest BCUT2D eigenvalue weighted by molar-refractivity contribution is 5.92. The number of allylic oxidation sites excluding steroid dienone is 1. The zero-order valence-corrected chi connectivity index (χ0v) is 10.5. The maximum atomic E-state index is 11.6. The van der Waals surface area contributed by atoms with Crippen molar-refractivity contribution in [2.45, 2.75) is 39.5 Å². The second-order valence-corrected chi connectivity index (χ2v) is 4.64. The van der Waals surface area contributed by atoms with Gasteiger partial charge in [0.2, 0.25) is 5.91 Å². The van der Waals surface area contributed by atoms with Gasteiger partial charge in [0.05, 0.1) is 5.92 Å². The van der Waals surface area contributed by atoms with Crippen LogP contribution in [0.15, 0.2) is 11.6 Å². The fraction of sp³-hybridized carbons (Fsp3) is 0.692. The third-order valence-electron chi connectivity index (χ3n) is 3.37. The molecule has 1 saturated carbocycles. The average molecular weight is 239 g/mol. The molecule has 1 amide bonds. The Morgan fingerprint density at radius 1 is 1.41 bits per heavy atom. The summed E-state index contributed by atoms with van der Waals surface area (Å²) < 4.78 is 0. The van der Waals surface area contributed by atoms with E-state index in [9.17, 15) is 9.59 Å². The van der Waals surface area contributed by atoms with Crippen LogP contribution in [0.2, 0.25) is 0 Å². The Bertz CT molecular complexity index is 323. The number of carboxylic acids is 1. The van der Waals surface area contributed by atoms with Crippen LogP contribution < -0.4 is 5.32 Å². The number of hydrogen-bond donors (Lipinski definition) is 2. The van der Waals surface area contributed by atoms with E-state index in [0.717, 1.165) is 25.7 Å². The number of amides is 1. The summed E-state index contributed by atoms with van der Waals surface area (Å²) >= 11 is 0. The van der Waals surface area contributed by atoms with Gasteiger partial charge in [-0.05, 0) is 32.1 Å². The van der Waals surface area contributed by atoms with Crippen molar-refractivity contribution < 1.29 is 14.7 Å². The van der Waals surface area contributed by atoms with E-state index in [1.54, 1.807) is 6.92 Å². The molecule has 1 rings (SSSR count). The Morgan fingerprint density at radius 2 is 2.12 bits per heavy atom.